The lowest BCUT2D eigenvalue weighted by atomic mass is 9.82. The van der Waals surface area contributed by atoms with Crippen molar-refractivity contribution >= 4 is 5.97 Å². The molecule has 2 unspecified atom stereocenters. The normalized spacial score (nSPS) is 24.1. The van der Waals surface area contributed by atoms with Crippen molar-refractivity contribution in [2.75, 3.05) is 13.1 Å². The van der Waals surface area contributed by atoms with Gasteiger partial charge in [0.25, 0.3) is 0 Å². The third-order valence-corrected chi connectivity index (χ3v) is 4.98. The molecule has 21 heavy (non-hydrogen) atoms. The molecule has 1 saturated heterocycles. The SMILES string of the molecule is CCCC1(C(=O)O)CCN(C(C)c2ccc(CC)cc2)C1. The second-order valence-electron chi connectivity index (χ2n) is 6.33. The van der Waals surface area contributed by atoms with Gasteiger partial charge >= 0.3 is 5.97 Å². The Hall–Kier alpha value is -1.35. The highest BCUT2D eigenvalue weighted by atomic mass is 16.4. The Balaban J connectivity index is 2.10. The van der Waals surface area contributed by atoms with Crippen LogP contribution < -0.4 is 0 Å². The van der Waals surface area contributed by atoms with Gasteiger partial charge in [-0.1, -0.05) is 44.5 Å². The van der Waals surface area contributed by atoms with Crippen molar-refractivity contribution in [3.8, 4) is 0 Å². The van der Waals surface area contributed by atoms with Gasteiger partial charge in [-0.25, -0.2) is 0 Å². The first kappa shape index (κ1) is 16.0. The number of nitrogens with zero attached hydrogens (tertiary/aromatic N) is 1. The zero-order chi connectivity index (χ0) is 15.5. The fourth-order valence-corrected chi connectivity index (χ4v) is 3.44. The highest BCUT2D eigenvalue weighted by Crippen LogP contribution is 2.39. The molecular formula is C18H27NO2. The van der Waals surface area contributed by atoms with E-state index in [1.807, 2.05) is 0 Å². The van der Waals surface area contributed by atoms with E-state index in [0.717, 1.165) is 32.2 Å². The summed E-state index contributed by atoms with van der Waals surface area (Å²) in [4.78, 5) is 14.0. The summed E-state index contributed by atoms with van der Waals surface area (Å²) in [5, 5.41) is 9.61. The molecule has 1 N–H and O–H groups in total. The molecule has 3 heteroatoms. The van der Waals surface area contributed by atoms with Crippen LogP contribution in [0.25, 0.3) is 0 Å². The van der Waals surface area contributed by atoms with Crippen molar-refractivity contribution < 1.29 is 9.90 Å². The summed E-state index contributed by atoms with van der Waals surface area (Å²) in [5.41, 5.74) is 2.09. The van der Waals surface area contributed by atoms with E-state index in [4.69, 9.17) is 0 Å². The number of aryl methyl sites for hydroxylation is 1. The van der Waals surface area contributed by atoms with E-state index in [0.29, 0.717) is 6.54 Å². The van der Waals surface area contributed by atoms with Crippen molar-refractivity contribution in [1.82, 2.24) is 4.90 Å². The quantitative estimate of drug-likeness (QED) is 0.863. The molecule has 2 rings (SSSR count). The molecular weight excluding hydrogens is 262 g/mol. The van der Waals surface area contributed by atoms with Gasteiger partial charge in [0.2, 0.25) is 0 Å². The van der Waals surface area contributed by atoms with Gasteiger partial charge in [-0.3, -0.25) is 9.69 Å². The van der Waals surface area contributed by atoms with E-state index < -0.39 is 11.4 Å². The van der Waals surface area contributed by atoms with Crippen LogP contribution in [0.1, 0.15) is 57.2 Å². The van der Waals surface area contributed by atoms with Gasteiger partial charge < -0.3 is 5.11 Å². The second-order valence-corrected chi connectivity index (χ2v) is 6.33. The van der Waals surface area contributed by atoms with Crippen molar-refractivity contribution in [3.05, 3.63) is 35.4 Å². The molecule has 1 fully saturated rings. The van der Waals surface area contributed by atoms with Crippen LogP contribution in [0.4, 0.5) is 0 Å². The van der Waals surface area contributed by atoms with Crippen LogP contribution in [0.15, 0.2) is 24.3 Å². The molecule has 1 aromatic carbocycles. The number of rotatable bonds is 6. The standard InChI is InChI=1S/C18H27NO2/c1-4-10-18(17(20)21)11-12-19(13-18)14(3)16-8-6-15(5-2)7-9-16/h6-9,14H,4-5,10-13H2,1-3H3,(H,20,21). The minimum Gasteiger partial charge on any atom is -0.481 e. The van der Waals surface area contributed by atoms with Crippen molar-refractivity contribution in [2.45, 2.75) is 52.5 Å². The lowest BCUT2D eigenvalue weighted by Crippen LogP contribution is -2.35. The highest BCUT2D eigenvalue weighted by molar-refractivity contribution is 5.75. The average Bonchev–Trinajstić information content (AvgIpc) is 2.93. The maximum Gasteiger partial charge on any atom is 0.310 e. The predicted molar refractivity (Wildman–Crippen MR) is 85.4 cm³/mol. The van der Waals surface area contributed by atoms with Gasteiger partial charge in [-0.2, -0.15) is 0 Å². The molecule has 0 aliphatic carbocycles. The Bertz CT molecular complexity index is 482. The molecule has 3 nitrogen and oxygen atoms in total. The average molecular weight is 289 g/mol. The number of carboxylic acids is 1. The van der Waals surface area contributed by atoms with Crippen molar-refractivity contribution in [2.24, 2.45) is 5.41 Å². The van der Waals surface area contributed by atoms with E-state index in [1.54, 1.807) is 0 Å². The van der Waals surface area contributed by atoms with Gasteiger partial charge in [-0.15, -0.1) is 0 Å². The summed E-state index contributed by atoms with van der Waals surface area (Å²) in [6, 6.07) is 9.01. The molecule has 1 aliphatic heterocycles. The summed E-state index contributed by atoms with van der Waals surface area (Å²) in [5.74, 6) is -0.625. The summed E-state index contributed by atoms with van der Waals surface area (Å²) < 4.78 is 0. The summed E-state index contributed by atoms with van der Waals surface area (Å²) >= 11 is 0. The number of hydrogen-bond acceptors (Lipinski definition) is 2. The predicted octanol–water partition coefficient (Wildman–Crippen LogP) is 3.89. The third-order valence-electron chi connectivity index (χ3n) is 4.98. The lowest BCUT2D eigenvalue weighted by molar-refractivity contribution is -0.148. The van der Waals surface area contributed by atoms with Crippen LogP contribution in [-0.2, 0) is 11.2 Å². The van der Waals surface area contributed by atoms with Crippen LogP contribution in [0.5, 0.6) is 0 Å². The molecule has 0 radical (unpaired) electrons. The maximum atomic E-state index is 11.7. The van der Waals surface area contributed by atoms with Crippen LogP contribution in [0, 0.1) is 5.41 Å². The fourth-order valence-electron chi connectivity index (χ4n) is 3.44. The smallest absolute Gasteiger partial charge is 0.310 e. The molecule has 1 heterocycles. The number of benzene rings is 1. The van der Waals surface area contributed by atoms with Gasteiger partial charge in [0.1, 0.15) is 0 Å². The molecule has 1 aromatic rings. The van der Waals surface area contributed by atoms with Gasteiger partial charge in [0, 0.05) is 12.6 Å². The Labute approximate surface area is 128 Å². The summed E-state index contributed by atoms with van der Waals surface area (Å²) in [6.45, 7) is 7.96. The summed E-state index contributed by atoms with van der Waals surface area (Å²) in [7, 11) is 0. The minimum atomic E-state index is -0.625. The lowest BCUT2D eigenvalue weighted by Gasteiger charge is -2.28. The van der Waals surface area contributed by atoms with Crippen molar-refractivity contribution in [1.29, 1.82) is 0 Å². The van der Waals surface area contributed by atoms with Gasteiger partial charge in [-0.05, 0) is 43.9 Å². The largest absolute Gasteiger partial charge is 0.481 e. The van der Waals surface area contributed by atoms with Gasteiger partial charge in [0.15, 0.2) is 0 Å². The van der Waals surface area contributed by atoms with Crippen LogP contribution >= 0.6 is 0 Å². The first-order valence-corrected chi connectivity index (χ1v) is 8.08. The first-order chi connectivity index (χ1) is 10.0. The number of carboxylic acid groups (broad SMARTS) is 1. The topological polar surface area (TPSA) is 40.5 Å². The van der Waals surface area contributed by atoms with E-state index in [1.165, 1.54) is 11.1 Å². The zero-order valence-electron chi connectivity index (χ0n) is 13.4. The molecule has 0 spiro atoms. The van der Waals surface area contributed by atoms with Crippen LogP contribution in [0.2, 0.25) is 0 Å². The first-order valence-electron chi connectivity index (χ1n) is 8.08. The molecule has 0 saturated carbocycles. The fraction of sp³-hybridized carbons (Fsp3) is 0.611. The number of likely N-dealkylation sites (tertiary alicyclic amines) is 1. The van der Waals surface area contributed by atoms with E-state index in [2.05, 4.69) is 49.9 Å². The number of hydrogen-bond donors (Lipinski definition) is 1. The van der Waals surface area contributed by atoms with Crippen molar-refractivity contribution in [3.63, 3.8) is 0 Å². The van der Waals surface area contributed by atoms with Gasteiger partial charge in [0.05, 0.1) is 5.41 Å². The molecule has 2 atom stereocenters. The summed E-state index contributed by atoms with van der Waals surface area (Å²) in [6.07, 6.45) is 3.53. The molecule has 1 aliphatic rings. The van der Waals surface area contributed by atoms with E-state index in [-0.39, 0.29) is 6.04 Å². The molecule has 116 valence electrons. The zero-order valence-corrected chi connectivity index (χ0v) is 13.4. The monoisotopic (exact) mass is 289 g/mol. The van der Waals surface area contributed by atoms with Crippen LogP contribution in [0.3, 0.4) is 0 Å². The molecule has 0 bridgehead atoms. The maximum absolute atomic E-state index is 11.7. The third kappa shape index (κ3) is 3.29. The van der Waals surface area contributed by atoms with E-state index in [9.17, 15) is 9.90 Å². The Morgan fingerprint density at radius 1 is 1.33 bits per heavy atom. The Morgan fingerprint density at radius 2 is 2.00 bits per heavy atom. The second kappa shape index (κ2) is 6.61. The Morgan fingerprint density at radius 3 is 2.52 bits per heavy atom. The minimum absolute atomic E-state index is 0.286. The van der Waals surface area contributed by atoms with Crippen LogP contribution in [-0.4, -0.2) is 29.1 Å². The Kier molecular flexibility index (Phi) is 5.04. The molecule has 0 aromatic heterocycles. The number of carbonyl (C=O) groups is 1. The highest BCUT2D eigenvalue weighted by Gasteiger charge is 2.45. The number of aliphatic carboxylic acids is 1. The molecule has 0 amide bonds. The van der Waals surface area contributed by atoms with E-state index >= 15 is 0 Å².